The average molecular weight is 243 g/mol. The number of carbonyl (C=O) groups is 1. The first kappa shape index (κ1) is 15.4. The SMILES string of the molecule is CCC(C)CCC(C)/C=C/C(C)=C/C(=O)Cl. The zero-order valence-electron chi connectivity index (χ0n) is 10.8. The van der Waals surface area contributed by atoms with Crippen LogP contribution >= 0.6 is 11.6 Å². The highest BCUT2D eigenvalue weighted by Crippen LogP contribution is 2.16. The maximum absolute atomic E-state index is 10.6. The summed E-state index contributed by atoms with van der Waals surface area (Å²) >= 11 is 5.26. The second-order valence-corrected chi connectivity index (χ2v) is 4.99. The summed E-state index contributed by atoms with van der Waals surface area (Å²) in [7, 11) is 0. The normalized spacial score (nSPS) is 16.4. The highest BCUT2D eigenvalue weighted by molar-refractivity contribution is 6.66. The minimum atomic E-state index is -0.408. The van der Waals surface area contributed by atoms with Crippen molar-refractivity contribution < 1.29 is 4.79 Å². The lowest BCUT2D eigenvalue weighted by atomic mass is 9.96. The molecule has 92 valence electrons. The van der Waals surface area contributed by atoms with Gasteiger partial charge in [0.05, 0.1) is 0 Å². The quantitative estimate of drug-likeness (QED) is 0.359. The fourth-order valence-corrected chi connectivity index (χ4v) is 1.56. The van der Waals surface area contributed by atoms with Gasteiger partial charge >= 0.3 is 0 Å². The topological polar surface area (TPSA) is 17.1 Å². The molecule has 0 saturated heterocycles. The summed E-state index contributed by atoms with van der Waals surface area (Å²) in [5, 5.41) is -0.408. The highest BCUT2D eigenvalue weighted by Gasteiger charge is 2.02. The molecule has 0 amide bonds. The molecule has 0 heterocycles. The number of rotatable bonds is 7. The molecule has 0 radical (unpaired) electrons. The van der Waals surface area contributed by atoms with Crippen molar-refractivity contribution in [1.29, 1.82) is 0 Å². The maximum atomic E-state index is 10.6. The lowest BCUT2D eigenvalue weighted by molar-refractivity contribution is -0.107. The molecule has 0 aliphatic carbocycles. The maximum Gasteiger partial charge on any atom is 0.245 e. The van der Waals surface area contributed by atoms with Crippen molar-refractivity contribution in [2.45, 2.75) is 47.0 Å². The van der Waals surface area contributed by atoms with E-state index in [0.29, 0.717) is 5.92 Å². The summed E-state index contributed by atoms with van der Waals surface area (Å²) in [5.41, 5.74) is 0.912. The van der Waals surface area contributed by atoms with Gasteiger partial charge in [0.1, 0.15) is 0 Å². The van der Waals surface area contributed by atoms with E-state index in [1.54, 1.807) is 0 Å². The van der Waals surface area contributed by atoms with E-state index in [4.69, 9.17) is 11.6 Å². The first-order valence-corrected chi connectivity index (χ1v) is 6.39. The van der Waals surface area contributed by atoms with Crippen molar-refractivity contribution in [3.05, 3.63) is 23.8 Å². The standard InChI is InChI=1S/C14H23ClO/c1-5-11(2)6-7-12(3)8-9-13(4)10-14(15)16/h8-12H,5-7H2,1-4H3/b9-8+,13-10+. The minimum absolute atomic E-state index is 0.408. The summed E-state index contributed by atoms with van der Waals surface area (Å²) in [4.78, 5) is 10.6. The largest absolute Gasteiger partial charge is 0.276 e. The predicted octanol–water partition coefficient (Wildman–Crippen LogP) is 4.72. The van der Waals surface area contributed by atoms with Crippen LogP contribution in [0.1, 0.15) is 47.0 Å². The number of hydrogen-bond acceptors (Lipinski definition) is 1. The second kappa shape index (κ2) is 8.58. The van der Waals surface area contributed by atoms with Crippen LogP contribution in [0.3, 0.4) is 0 Å². The number of allylic oxidation sites excluding steroid dienone is 4. The molecule has 1 nitrogen and oxygen atoms in total. The summed E-state index contributed by atoms with van der Waals surface area (Å²) < 4.78 is 0. The molecule has 16 heavy (non-hydrogen) atoms. The van der Waals surface area contributed by atoms with E-state index in [-0.39, 0.29) is 0 Å². The van der Waals surface area contributed by atoms with Gasteiger partial charge in [0.15, 0.2) is 0 Å². The number of halogens is 1. The summed E-state index contributed by atoms with van der Waals surface area (Å²) in [5.74, 6) is 1.36. The van der Waals surface area contributed by atoms with Gasteiger partial charge in [-0.25, -0.2) is 0 Å². The Morgan fingerprint density at radius 1 is 1.31 bits per heavy atom. The molecule has 0 N–H and O–H groups in total. The molecule has 0 aromatic carbocycles. The fourth-order valence-electron chi connectivity index (χ4n) is 1.39. The van der Waals surface area contributed by atoms with Crippen LogP contribution in [0.5, 0.6) is 0 Å². The summed E-state index contributed by atoms with van der Waals surface area (Å²) in [6.07, 6.45) is 9.28. The monoisotopic (exact) mass is 242 g/mol. The van der Waals surface area contributed by atoms with Gasteiger partial charge < -0.3 is 0 Å². The lowest BCUT2D eigenvalue weighted by Crippen LogP contribution is -1.97. The van der Waals surface area contributed by atoms with Crippen LogP contribution < -0.4 is 0 Å². The van der Waals surface area contributed by atoms with Gasteiger partial charge in [0.25, 0.3) is 0 Å². The van der Waals surface area contributed by atoms with Crippen molar-refractivity contribution in [2.75, 3.05) is 0 Å². The molecule has 2 unspecified atom stereocenters. The zero-order valence-corrected chi connectivity index (χ0v) is 11.6. The highest BCUT2D eigenvalue weighted by atomic mass is 35.5. The van der Waals surface area contributed by atoms with Crippen molar-refractivity contribution in [2.24, 2.45) is 11.8 Å². The van der Waals surface area contributed by atoms with Crippen LogP contribution in [0.2, 0.25) is 0 Å². The van der Waals surface area contributed by atoms with Crippen LogP contribution in [-0.4, -0.2) is 5.24 Å². The van der Waals surface area contributed by atoms with Gasteiger partial charge in [-0.1, -0.05) is 45.8 Å². The Balaban J connectivity index is 3.99. The Morgan fingerprint density at radius 2 is 1.94 bits per heavy atom. The third kappa shape index (κ3) is 8.72. The van der Waals surface area contributed by atoms with E-state index in [9.17, 15) is 4.79 Å². The lowest BCUT2D eigenvalue weighted by Gasteiger charge is -2.10. The zero-order chi connectivity index (χ0) is 12.6. The molecule has 0 fully saturated rings. The van der Waals surface area contributed by atoms with Gasteiger partial charge in [-0.2, -0.15) is 0 Å². The summed E-state index contributed by atoms with van der Waals surface area (Å²) in [6.45, 7) is 8.60. The van der Waals surface area contributed by atoms with Crippen LogP contribution in [0.15, 0.2) is 23.8 Å². The van der Waals surface area contributed by atoms with Crippen molar-refractivity contribution >= 4 is 16.8 Å². The van der Waals surface area contributed by atoms with Crippen LogP contribution in [0.4, 0.5) is 0 Å². The van der Waals surface area contributed by atoms with Gasteiger partial charge in [-0.05, 0) is 42.4 Å². The minimum Gasteiger partial charge on any atom is -0.276 e. The predicted molar refractivity (Wildman–Crippen MR) is 71.6 cm³/mol. The molecule has 0 rings (SSSR count). The molecule has 0 bridgehead atoms. The van der Waals surface area contributed by atoms with E-state index >= 15 is 0 Å². The van der Waals surface area contributed by atoms with Crippen molar-refractivity contribution in [1.82, 2.24) is 0 Å². The average Bonchev–Trinajstić information content (AvgIpc) is 2.22. The van der Waals surface area contributed by atoms with Gasteiger partial charge in [-0.3, -0.25) is 4.79 Å². The van der Waals surface area contributed by atoms with E-state index < -0.39 is 5.24 Å². The fraction of sp³-hybridized carbons (Fsp3) is 0.643. The third-order valence-electron chi connectivity index (χ3n) is 2.84. The molecule has 0 aliphatic rings. The van der Waals surface area contributed by atoms with Gasteiger partial charge in [0, 0.05) is 6.08 Å². The number of carbonyl (C=O) groups excluding carboxylic acids is 1. The molecule has 0 aromatic rings. The van der Waals surface area contributed by atoms with E-state index in [1.807, 2.05) is 13.0 Å². The van der Waals surface area contributed by atoms with Crippen molar-refractivity contribution in [3.63, 3.8) is 0 Å². The van der Waals surface area contributed by atoms with Gasteiger partial charge in [-0.15, -0.1) is 0 Å². The molecular formula is C14H23ClO. The Morgan fingerprint density at radius 3 is 2.44 bits per heavy atom. The molecule has 2 heteroatoms. The van der Waals surface area contributed by atoms with Gasteiger partial charge in [0.2, 0.25) is 5.24 Å². The van der Waals surface area contributed by atoms with Crippen LogP contribution in [0, 0.1) is 11.8 Å². The summed E-state index contributed by atoms with van der Waals surface area (Å²) in [6, 6.07) is 0. The van der Waals surface area contributed by atoms with E-state index in [0.717, 1.165) is 11.5 Å². The number of hydrogen-bond donors (Lipinski definition) is 0. The third-order valence-corrected chi connectivity index (χ3v) is 2.95. The smallest absolute Gasteiger partial charge is 0.245 e. The van der Waals surface area contributed by atoms with Crippen molar-refractivity contribution in [3.8, 4) is 0 Å². The Hall–Kier alpha value is -0.560. The molecule has 0 saturated carbocycles. The molecule has 0 aliphatic heterocycles. The van der Waals surface area contributed by atoms with E-state index in [2.05, 4.69) is 26.8 Å². The molecule has 0 aromatic heterocycles. The molecule has 0 spiro atoms. The second-order valence-electron chi connectivity index (χ2n) is 4.62. The Kier molecular flexibility index (Phi) is 8.28. The molecule has 2 atom stereocenters. The first-order valence-electron chi connectivity index (χ1n) is 6.01. The van der Waals surface area contributed by atoms with Crippen LogP contribution in [-0.2, 0) is 4.79 Å². The van der Waals surface area contributed by atoms with Crippen LogP contribution in [0.25, 0.3) is 0 Å². The molecular weight excluding hydrogens is 220 g/mol. The van der Waals surface area contributed by atoms with E-state index in [1.165, 1.54) is 25.3 Å². The first-order chi connectivity index (χ1) is 7.45. The Bertz CT molecular complexity index is 266. The Labute approximate surface area is 105 Å².